The third-order valence-electron chi connectivity index (χ3n) is 2.92. The first-order valence-electron chi connectivity index (χ1n) is 4.38. The standard InChI is InChI=1S/C11H14N.ClH/c1-8-9(2)12(3)11-7-5-4-6-10(8)11;/h4-8H,1-3H3;1H/q+1;/p-1. The number of hydrogen-bond acceptors (Lipinski definition) is 0. The molecular formula is C11H14ClN. The average molecular weight is 196 g/mol. The van der Waals surface area contributed by atoms with Crippen LogP contribution in [0.1, 0.15) is 25.3 Å². The van der Waals surface area contributed by atoms with Gasteiger partial charge in [-0.15, -0.1) is 0 Å². The number of benzene rings is 1. The van der Waals surface area contributed by atoms with Crippen molar-refractivity contribution >= 4 is 11.4 Å². The molecule has 0 aliphatic carbocycles. The molecule has 70 valence electrons. The molecule has 13 heavy (non-hydrogen) atoms. The van der Waals surface area contributed by atoms with Gasteiger partial charge in [0.15, 0.2) is 5.71 Å². The Morgan fingerprint density at radius 3 is 2.46 bits per heavy atom. The van der Waals surface area contributed by atoms with Crippen molar-refractivity contribution in [2.45, 2.75) is 19.8 Å². The highest BCUT2D eigenvalue weighted by atomic mass is 35.5. The maximum absolute atomic E-state index is 2.28. The van der Waals surface area contributed by atoms with Gasteiger partial charge in [0.1, 0.15) is 7.05 Å². The highest BCUT2D eigenvalue weighted by Crippen LogP contribution is 2.32. The normalized spacial score (nSPS) is 19.8. The zero-order valence-corrected chi connectivity index (χ0v) is 8.97. The Balaban J connectivity index is 0.000000845. The lowest BCUT2D eigenvalue weighted by Crippen LogP contribution is -3.00. The molecule has 0 amide bonds. The summed E-state index contributed by atoms with van der Waals surface area (Å²) >= 11 is 0. The van der Waals surface area contributed by atoms with Crippen molar-refractivity contribution in [1.82, 2.24) is 0 Å². The molecule has 1 atom stereocenters. The van der Waals surface area contributed by atoms with E-state index in [1.807, 2.05) is 0 Å². The number of hydrogen-bond donors (Lipinski definition) is 0. The Labute approximate surface area is 85.5 Å². The minimum atomic E-state index is 0. The van der Waals surface area contributed by atoms with Crippen LogP contribution >= 0.6 is 0 Å². The topological polar surface area (TPSA) is 3.01 Å². The fraction of sp³-hybridized carbons (Fsp3) is 0.364. The van der Waals surface area contributed by atoms with E-state index in [2.05, 4.69) is 49.7 Å². The molecule has 1 aromatic carbocycles. The summed E-state index contributed by atoms with van der Waals surface area (Å²) in [6.45, 7) is 4.46. The van der Waals surface area contributed by atoms with Gasteiger partial charge in [-0.3, -0.25) is 0 Å². The minimum Gasteiger partial charge on any atom is -1.00 e. The van der Waals surface area contributed by atoms with E-state index in [-0.39, 0.29) is 12.4 Å². The summed E-state index contributed by atoms with van der Waals surface area (Å²) in [7, 11) is 2.14. The molecule has 0 aromatic heterocycles. The third kappa shape index (κ3) is 1.37. The van der Waals surface area contributed by atoms with Gasteiger partial charge < -0.3 is 12.4 Å². The monoisotopic (exact) mass is 195 g/mol. The summed E-state index contributed by atoms with van der Waals surface area (Å²) in [5, 5.41) is 0. The van der Waals surface area contributed by atoms with Crippen molar-refractivity contribution in [2.24, 2.45) is 0 Å². The fourth-order valence-electron chi connectivity index (χ4n) is 1.86. The lowest BCUT2D eigenvalue weighted by atomic mass is 9.99. The number of nitrogens with zero attached hydrogens (tertiary/aromatic N) is 1. The van der Waals surface area contributed by atoms with Crippen LogP contribution in [0.15, 0.2) is 24.3 Å². The van der Waals surface area contributed by atoms with Gasteiger partial charge in [-0.1, -0.05) is 18.2 Å². The summed E-state index contributed by atoms with van der Waals surface area (Å²) in [6, 6.07) is 8.61. The van der Waals surface area contributed by atoms with E-state index in [9.17, 15) is 0 Å². The van der Waals surface area contributed by atoms with Gasteiger partial charge in [-0.2, -0.15) is 0 Å². The van der Waals surface area contributed by atoms with E-state index in [0.717, 1.165) is 0 Å². The molecule has 0 spiro atoms. The lowest BCUT2D eigenvalue weighted by Gasteiger charge is -1.97. The van der Waals surface area contributed by atoms with Crippen molar-refractivity contribution < 1.29 is 17.0 Å². The van der Waals surface area contributed by atoms with Crippen LogP contribution in [0.3, 0.4) is 0 Å². The summed E-state index contributed by atoms with van der Waals surface area (Å²) in [5.74, 6) is 0.589. The predicted octanol–water partition coefficient (Wildman–Crippen LogP) is -0.458. The van der Waals surface area contributed by atoms with Gasteiger partial charge in [-0.25, -0.2) is 4.58 Å². The average Bonchev–Trinajstić information content (AvgIpc) is 2.33. The molecular weight excluding hydrogens is 182 g/mol. The molecule has 0 fully saturated rings. The highest BCUT2D eigenvalue weighted by Gasteiger charge is 2.29. The van der Waals surface area contributed by atoms with Gasteiger partial charge in [0.25, 0.3) is 0 Å². The third-order valence-corrected chi connectivity index (χ3v) is 2.92. The molecule has 1 aromatic rings. The number of para-hydroxylation sites is 1. The maximum atomic E-state index is 2.28. The van der Waals surface area contributed by atoms with Crippen LogP contribution in [0.25, 0.3) is 0 Å². The van der Waals surface area contributed by atoms with Crippen LogP contribution in [0.2, 0.25) is 0 Å². The molecule has 1 heterocycles. The zero-order chi connectivity index (χ0) is 8.72. The molecule has 2 rings (SSSR count). The van der Waals surface area contributed by atoms with E-state index in [4.69, 9.17) is 0 Å². The van der Waals surface area contributed by atoms with Crippen molar-refractivity contribution in [2.75, 3.05) is 7.05 Å². The molecule has 0 bridgehead atoms. The van der Waals surface area contributed by atoms with Crippen molar-refractivity contribution in [3.63, 3.8) is 0 Å². The van der Waals surface area contributed by atoms with Gasteiger partial charge in [0.05, 0.1) is 5.92 Å². The second-order valence-corrected chi connectivity index (χ2v) is 3.48. The van der Waals surface area contributed by atoms with Crippen LogP contribution in [0.4, 0.5) is 5.69 Å². The molecule has 1 nitrogen and oxygen atoms in total. The van der Waals surface area contributed by atoms with E-state index in [1.54, 1.807) is 0 Å². The van der Waals surface area contributed by atoms with E-state index >= 15 is 0 Å². The largest absolute Gasteiger partial charge is 1.00 e. The molecule has 1 unspecified atom stereocenters. The Morgan fingerprint density at radius 2 is 1.85 bits per heavy atom. The van der Waals surface area contributed by atoms with Crippen LogP contribution in [0.5, 0.6) is 0 Å². The summed E-state index contributed by atoms with van der Waals surface area (Å²) in [5.41, 5.74) is 4.26. The Bertz CT molecular complexity index is 355. The second-order valence-electron chi connectivity index (χ2n) is 3.48. The van der Waals surface area contributed by atoms with Crippen molar-refractivity contribution in [3.05, 3.63) is 29.8 Å². The summed E-state index contributed by atoms with van der Waals surface area (Å²) in [4.78, 5) is 0. The number of halogens is 1. The molecule has 0 radical (unpaired) electrons. The first-order valence-corrected chi connectivity index (χ1v) is 4.38. The van der Waals surface area contributed by atoms with Crippen LogP contribution < -0.4 is 12.4 Å². The number of rotatable bonds is 0. The molecule has 0 N–H and O–H groups in total. The summed E-state index contributed by atoms with van der Waals surface area (Å²) < 4.78 is 2.28. The zero-order valence-electron chi connectivity index (χ0n) is 8.21. The van der Waals surface area contributed by atoms with E-state index in [0.29, 0.717) is 5.92 Å². The minimum absolute atomic E-state index is 0. The molecule has 1 aliphatic rings. The Kier molecular flexibility index (Phi) is 2.77. The molecule has 0 saturated heterocycles. The SMILES string of the molecule is CC1=[N+](C)c2ccccc2C1C.[Cl-]. The maximum Gasteiger partial charge on any atom is 0.208 e. The van der Waals surface area contributed by atoms with Gasteiger partial charge in [0, 0.05) is 18.6 Å². The van der Waals surface area contributed by atoms with Gasteiger partial charge >= 0.3 is 0 Å². The van der Waals surface area contributed by atoms with E-state index < -0.39 is 0 Å². The van der Waals surface area contributed by atoms with Crippen LogP contribution in [-0.4, -0.2) is 17.3 Å². The Hall–Kier alpha value is -0.820. The predicted molar refractivity (Wildman–Crippen MR) is 51.4 cm³/mol. The molecule has 1 aliphatic heterocycles. The second kappa shape index (κ2) is 3.51. The Morgan fingerprint density at radius 1 is 1.23 bits per heavy atom. The first-order chi connectivity index (χ1) is 5.72. The first kappa shape index (κ1) is 10.3. The molecule has 0 saturated carbocycles. The van der Waals surface area contributed by atoms with Crippen LogP contribution in [-0.2, 0) is 0 Å². The van der Waals surface area contributed by atoms with E-state index in [1.165, 1.54) is 17.0 Å². The van der Waals surface area contributed by atoms with Gasteiger partial charge in [0.2, 0.25) is 5.69 Å². The van der Waals surface area contributed by atoms with Gasteiger partial charge in [-0.05, 0) is 6.92 Å². The lowest BCUT2D eigenvalue weighted by molar-refractivity contribution is -0.402. The quantitative estimate of drug-likeness (QED) is 0.493. The summed E-state index contributed by atoms with van der Waals surface area (Å²) in [6.07, 6.45) is 0. The van der Waals surface area contributed by atoms with Crippen LogP contribution in [0, 0.1) is 0 Å². The number of fused-ring (bicyclic) bond motifs is 1. The molecule has 2 heteroatoms. The van der Waals surface area contributed by atoms with Crippen molar-refractivity contribution in [3.8, 4) is 0 Å². The smallest absolute Gasteiger partial charge is 0.208 e. The highest BCUT2D eigenvalue weighted by molar-refractivity contribution is 5.89. The fourth-order valence-corrected chi connectivity index (χ4v) is 1.86. The van der Waals surface area contributed by atoms with Crippen molar-refractivity contribution in [1.29, 1.82) is 0 Å².